The zero-order chi connectivity index (χ0) is 29.4. The average molecular weight is 574 g/mol. The number of hydrogen-bond donors (Lipinski definition) is 2. The van der Waals surface area contributed by atoms with Crippen molar-refractivity contribution in [3.63, 3.8) is 0 Å². The molecule has 0 spiro atoms. The zero-order valence-corrected chi connectivity index (χ0v) is 24.5. The highest BCUT2D eigenvalue weighted by atomic mass is 19.1. The van der Waals surface area contributed by atoms with Gasteiger partial charge in [-0.3, -0.25) is 4.98 Å². The standard InChI is InChI=1S/C33H40FN5O3/c1-4-21(5-2)24-12-11-22(40)17-25(24)29-28(34)30-26(18-35-29)31(39-16-7-9-23(41)19-39)37-32(36-30)42-20-33-13-6-10-27(33)38(3)15-8-14-33/h1,11-12,17-18,21,23,27,40-41H,5-10,13-16,19-20H2,2-3H3. The molecule has 3 aliphatic rings. The third-order valence-electron chi connectivity index (χ3n) is 9.68. The molecule has 2 aliphatic heterocycles. The van der Waals surface area contributed by atoms with Gasteiger partial charge in [-0.05, 0) is 76.2 Å². The van der Waals surface area contributed by atoms with Crippen LogP contribution in [0.1, 0.15) is 69.8 Å². The first-order chi connectivity index (χ1) is 20.3. The highest BCUT2D eigenvalue weighted by Gasteiger charge is 2.47. The summed E-state index contributed by atoms with van der Waals surface area (Å²) in [6.07, 6.45) is 14.7. The van der Waals surface area contributed by atoms with Crippen molar-refractivity contribution in [1.29, 1.82) is 0 Å². The lowest BCUT2D eigenvalue weighted by molar-refractivity contribution is 0.0133. The van der Waals surface area contributed by atoms with Crippen LogP contribution in [0.15, 0.2) is 24.4 Å². The molecule has 1 saturated carbocycles. The Kier molecular flexibility index (Phi) is 7.95. The predicted octanol–water partition coefficient (Wildman–Crippen LogP) is 5.27. The van der Waals surface area contributed by atoms with E-state index < -0.39 is 11.9 Å². The van der Waals surface area contributed by atoms with Crippen molar-refractivity contribution in [1.82, 2.24) is 19.9 Å². The number of fused-ring (bicyclic) bond motifs is 2. The number of β-amino-alcohol motifs (C(OH)–C–C–N with tert-alkyl or cyclic N) is 1. The van der Waals surface area contributed by atoms with E-state index in [4.69, 9.17) is 16.1 Å². The van der Waals surface area contributed by atoms with Crippen LogP contribution in [0.25, 0.3) is 22.2 Å². The number of terminal acetylenes is 1. The van der Waals surface area contributed by atoms with Crippen LogP contribution in [0.2, 0.25) is 0 Å². The molecular weight excluding hydrogens is 533 g/mol. The predicted molar refractivity (Wildman–Crippen MR) is 161 cm³/mol. The minimum atomic E-state index is -0.619. The summed E-state index contributed by atoms with van der Waals surface area (Å²) in [5.74, 6) is 2.41. The third-order valence-corrected chi connectivity index (χ3v) is 9.68. The van der Waals surface area contributed by atoms with Crippen LogP contribution in [0, 0.1) is 23.6 Å². The molecule has 0 radical (unpaired) electrons. The number of nitrogens with zero attached hydrogens (tertiary/aromatic N) is 5. The first-order valence-electron chi connectivity index (χ1n) is 15.2. The molecule has 1 aromatic carbocycles. The van der Waals surface area contributed by atoms with Gasteiger partial charge in [0, 0.05) is 42.2 Å². The number of aromatic hydroxyl groups is 1. The van der Waals surface area contributed by atoms with Crippen LogP contribution in [0.4, 0.5) is 10.2 Å². The number of aliphatic hydroxyl groups excluding tert-OH is 1. The number of aliphatic hydroxyl groups is 1. The first kappa shape index (κ1) is 28.6. The zero-order valence-electron chi connectivity index (χ0n) is 24.5. The average Bonchev–Trinajstić information content (AvgIpc) is 3.43. The second-order valence-electron chi connectivity index (χ2n) is 12.3. The highest BCUT2D eigenvalue weighted by molar-refractivity contribution is 5.92. The van der Waals surface area contributed by atoms with Crippen LogP contribution in [-0.4, -0.2) is 75.5 Å². The van der Waals surface area contributed by atoms with Gasteiger partial charge in [0.2, 0.25) is 0 Å². The van der Waals surface area contributed by atoms with Crippen LogP contribution in [-0.2, 0) is 0 Å². The van der Waals surface area contributed by atoms with E-state index in [2.05, 4.69) is 27.8 Å². The largest absolute Gasteiger partial charge is 0.508 e. The normalized spacial score (nSPS) is 25.3. The lowest BCUT2D eigenvalue weighted by Crippen LogP contribution is -2.50. The van der Waals surface area contributed by atoms with Crippen molar-refractivity contribution in [2.45, 2.75) is 76.4 Å². The van der Waals surface area contributed by atoms with Crippen molar-refractivity contribution in [2.24, 2.45) is 5.41 Å². The molecule has 2 N–H and O–H groups in total. The van der Waals surface area contributed by atoms with Crippen molar-refractivity contribution in [2.75, 3.05) is 38.2 Å². The molecule has 8 nitrogen and oxygen atoms in total. The van der Waals surface area contributed by atoms with Gasteiger partial charge in [0.25, 0.3) is 0 Å². The van der Waals surface area contributed by atoms with E-state index in [0.29, 0.717) is 55.3 Å². The Morgan fingerprint density at radius 2 is 2.02 bits per heavy atom. The second kappa shape index (κ2) is 11.7. The van der Waals surface area contributed by atoms with E-state index in [9.17, 15) is 10.2 Å². The summed E-state index contributed by atoms with van der Waals surface area (Å²) in [6.45, 7) is 4.62. The van der Waals surface area contributed by atoms with Gasteiger partial charge >= 0.3 is 6.01 Å². The van der Waals surface area contributed by atoms with Gasteiger partial charge in [-0.15, -0.1) is 6.42 Å². The summed E-state index contributed by atoms with van der Waals surface area (Å²) in [7, 11) is 2.19. The van der Waals surface area contributed by atoms with Crippen molar-refractivity contribution in [3.05, 3.63) is 35.8 Å². The van der Waals surface area contributed by atoms with E-state index in [1.807, 2.05) is 11.8 Å². The van der Waals surface area contributed by atoms with E-state index in [-0.39, 0.29) is 34.3 Å². The number of phenolic OH excluding ortho intramolecular Hbond substituents is 1. The summed E-state index contributed by atoms with van der Waals surface area (Å²) in [4.78, 5) is 18.4. The summed E-state index contributed by atoms with van der Waals surface area (Å²) < 4.78 is 23.0. The quantitative estimate of drug-likeness (QED) is 0.370. The number of rotatable bonds is 7. The van der Waals surface area contributed by atoms with E-state index in [1.54, 1.807) is 18.3 Å². The van der Waals surface area contributed by atoms with Crippen LogP contribution < -0.4 is 9.64 Å². The number of likely N-dealkylation sites (tertiary alicyclic amines) is 1. The molecular formula is C33H40FN5O3. The number of pyridine rings is 1. The molecule has 3 fully saturated rings. The Bertz CT molecular complexity index is 1510. The number of phenols is 1. The molecule has 4 unspecified atom stereocenters. The maximum atomic E-state index is 16.6. The van der Waals surface area contributed by atoms with E-state index in [0.717, 1.165) is 44.2 Å². The molecule has 2 aromatic heterocycles. The fraction of sp³-hybridized carbons (Fsp3) is 0.545. The first-order valence-corrected chi connectivity index (χ1v) is 15.2. The maximum Gasteiger partial charge on any atom is 0.319 e. The molecule has 1 aliphatic carbocycles. The van der Waals surface area contributed by atoms with Crippen LogP contribution in [0.3, 0.4) is 0 Å². The van der Waals surface area contributed by atoms with Gasteiger partial charge in [-0.25, -0.2) is 4.39 Å². The van der Waals surface area contributed by atoms with E-state index in [1.165, 1.54) is 12.5 Å². The Labute approximate surface area is 246 Å². The third kappa shape index (κ3) is 5.16. The topological polar surface area (TPSA) is 94.8 Å². The second-order valence-corrected chi connectivity index (χ2v) is 12.3. The van der Waals surface area contributed by atoms with Crippen molar-refractivity contribution < 1.29 is 19.3 Å². The monoisotopic (exact) mass is 573 g/mol. The lowest BCUT2D eigenvalue weighted by atomic mass is 9.76. The fourth-order valence-electron chi connectivity index (χ4n) is 7.53. The van der Waals surface area contributed by atoms with Crippen molar-refractivity contribution >= 4 is 16.7 Å². The lowest BCUT2D eigenvalue weighted by Gasteiger charge is -2.44. The fourth-order valence-corrected chi connectivity index (χ4v) is 7.53. The van der Waals surface area contributed by atoms with Gasteiger partial charge < -0.3 is 24.7 Å². The van der Waals surface area contributed by atoms with Gasteiger partial charge in [-0.2, -0.15) is 9.97 Å². The number of halogens is 1. The maximum absolute atomic E-state index is 16.6. The minimum Gasteiger partial charge on any atom is -0.508 e. The molecule has 0 amide bonds. The van der Waals surface area contributed by atoms with Crippen molar-refractivity contribution in [3.8, 4) is 35.4 Å². The number of hydrogen-bond acceptors (Lipinski definition) is 8. The molecule has 222 valence electrons. The molecule has 6 rings (SSSR count). The van der Waals surface area contributed by atoms with Crippen LogP contribution in [0.5, 0.6) is 11.8 Å². The van der Waals surface area contributed by atoms with Gasteiger partial charge in [0.1, 0.15) is 22.8 Å². The molecule has 4 heterocycles. The summed E-state index contributed by atoms with van der Waals surface area (Å²) >= 11 is 0. The smallest absolute Gasteiger partial charge is 0.319 e. The number of anilines is 1. The van der Waals surface area contributed by atoms with Gasteiger partial charge in [-0.1, -0.05) is 25.3 Å². The molecule has 2 saturated heterocycles. The Balaban J connectivity index is 1.45. The Morgan fingerprint density at radius 3 is 2.81 bits per heavy atom. The number of piperidine rings is 2. The Morgan fingerprint density at radius 1 is 1.19 bits per heavy atom. The number of aromatic nitrogens is 3. The summed E-state index contributed by atoms with van der Waals surface area (Å²) in [5, 5.41) is 21.2. The van der Waals surface area contributed by atoms with Gasteiger partial charge in [0.05, 0.1) is 18.1 Å². The highest BCUT2D eigenvalue weighted by Crippen LogP contribution is 2.47. The Hall–Kier alpha value is -3.48. The van der Waals surface area contributed by atoms with Crippen LogP contribution >= 0.6 is 0 Å². The molecule has 0 bridgehead atoms. The molecule has 9 heteroatoms. The minimum absolute atomic E-state index is 0.000511. The number of benzene rings is 1. The summed E-state index contributed by atoms with van der Waals surface area (Å²) in [6, 6.07) is 5.39. The molecule has 42 heavy (non-hydrogen) atoms. The van der Waals surface area contributed by atoms with E-state index >= 15 is 4.39 Å². The molecule has 4 atom stereocenters. The van der Waals surface area contributed by atoms with Gasteiger partial charge in [0.15, 0.2) is 5.82 Å². The SMILES string of the molecule is C#CC(CC)c1ccc(O)cc1-c1ncc2c(N3CCCC(O)C3)nc(OCC34CCCC3N(C)CCC4)nc2c1F. The molecule has 3 aromatic rings. The summed E-state index contributed by atoms with van der Waals surface area (Å²) in [5.41, 5.74) is 1.37. The number of ether oxygens (including phenoxy) is 1.